The number of hydrogen-bond donors (Lipinski definition) is 0. The van der Waals surface area contributed by atoms with Gasteiger partial charge in [0.2, 0.25) is 0 Å². The Morgan fingerprint density at radius 1 is 0.722 bits per heavy atom. The van der Waals surface area contributed by atoms with Crippen molar-refractivity contribution in [2.75, 3.05) is 0 Å². The first kappa shape index (κ1) is 16.5. The summed E-state index contributed by atoms with van der Waals surface area (Å²) < 4.78 is 0. The maximum Gasteiger partial charge on any atom is 0.0253 e. The number of hydrogen-bond acceptors (Lipinski definition) is 0. The molecule has 0 spiro atoms. The van der Waals surface area contributed by atoms with E-state index in [2.05, 4.69) is 27.7 Å². The Kier molecular flexibility index (Phi) is 5.71. The van der Waals surface area contributed by atoms with Crippen LogP contribution in [-0.4, -0.2) is 0 Å². The van der Waals surface area contributed by atoms with Gasteiger partial charge >= 0.3 is 0 Å². The van der Waals surface area contributed by atoms with Crippen molar-refractivity contribution in [1.82, 2.24) is 0 Å². The molecule has 2 rings (SSSR count). The first-order valence-corrected chi connectivity index (χ1v) is 6.76. The van der Waals surface area contributed by atoms with Crippen LogP contribution in [0.5, 0.6) is 0 Å². The Hall–Kier alpha value is 0.410. The molecular weight excluding hydrogens is 430 g/mol. The Labute approximate surface area is 139 Å². The SMILES string of the molecule is CC1=C(Cl)CC(CC2=C(C)C(C)=C(Cl)C2)=C1C.[Hf]. The Morgan fingerprint density at radius 2 is 1.06 bits per heavy atom. The summed E-state index contributed by atoms with van der Waals surface area (Å²) in [6.45, 7) is 8.56. The van der Waals surface area contributed by atoms with Gasteiger partial charge in [-0.3, -0.25) is 0 Å². The molecular formula is C15H18Cl2Hf. The molecule has 0 nitrogen and oxygen atoms in total. The number of rotatable bonds is 2. The standard InChI is InChI=1S/C15H18Cl2.Hf/c1-8-10(3)14(16)6-12(8)5-13-7-15(17)11(4)9(13)2;/h5-7H2,1-4H3;. The molecule has 2 aliphatic rings. The van der Waals surface area contributed by atoms with E-state index in [-0.39, 0.29) is 25.8 Å². The predicted octanol–water partition coefficient (Wildman–Crippen LogP) is 5.84. The molecule has 0 heterocycles. The second-order valence-corrected chi connectivity index (χ2v) is 5.96. The maximum atomic E-state index is 6.22. The Morgan fingerprint density at radius 3 is 1.28 bits per heavy atom. The van der Waals surface area contributed by atoms with Crippen LogP contribution in [0.3, 0.4) is 0 Å². The van der Waals surface area contributed by atoms with Gasteiger partial charge in [-0.05, 0) is 56.4 Å². The van der Waals surface area contributed by atoms with E-state index in [0.29, 0.717) is 0 Å². The molecule has 0 aromatic carbocycles. The first-order valence-electron chi connectivity index (χ1n) is 6.00. The summed E-state index contributed by atoms with van der Waals surface area (Å²) in [6, 6.07) is 0. The minimum atomic E-state index is 0. The number of halogens is 2. The largest absolute Gasteiger partial charge is 0.0885 e. The van der Waals surface area contributed by atoms with Crippen LogP contribution in [0.4, 0.5) is 0 Å². The molecule has 0 amide bonds. The van der Waals surface area contributed by atoms with E-state index in [1.165, 1.54) is 33.4 Å². The summed E-state index contributed by atoms with van der Waals surface area (Å²) in [5.41, 5.74) is 8.18. The molecule has 0 bridgehead atoms. The maximum absolute atomic E-state index is 6.22. The molecule has 96 valence electrons. The van der Waals surface area contributed by atoms with Crippen molar-refractivity contribution in [3.63, 3.8) is 0 Å². The molecule has 18 heavy (non-hydrogen) atoms. The van der Waals surface area contributed by atoms with E-state index in [4.69, 9.17) is 23.2 Å². The smallest absolute Gasteiger partial charge is 0.0253 e. The fourth-order valence-electron chi connectivity index (χ4n) is 2.49. The zero-order chi connectivity index (χ0) is 12.7. The van der Waals surface area contributed by atoms with Crippen LogP contribution in [0.1, 0.15) is 47.0 Å². The second kappa shape index (κ2) is 6.24. The van der Waals surface area contributed by atoms with Crippen LogP contribution in [0.15, 0.2) is 43.5 Å². The van der Waals surface area contributed by atoms with Crippen LogP contribution in [-0.2, 0) is 25.8 Å². The van der Waals surface area contributed by atoms with Crippen molar-refractivity contribution >= 4 is 23.2 Å². The normalized spacial score (nSPS) is 20.3. The summed E-state index contributed by atoms with van der Waals surface area (Å²) in [5, 5.41) is 2.01. The summed E-state index contributed by atoms with van der Waals surface area (Å²) in [6.07, 6.45) is 2.87. The van der Waals surface area contributed by atoms with Crippen molar-refractivity contribution in [2.45, 2.75) is 47.0 Å². The van der Waals surface area contributed by atoms with Gasteiger partial charge in [-0.2, -0.15) is 0 Å². The van der Waals surface area contributed by atoms with Gasteiger partial charge in [0, 0.05) is 48.7 Å². The van der Waals surface area contributed by atoms with Crippen molar-refractivity contribution < 1.29 is 25.8 Å². The van der Waals surface area contributed by atoms with Crippen molar-refractivity contribution in [3.05, 3.63) is 43.5 Å². The van der Waals surface area contributed by atoms with E-state index in [0.717, 1.165) is 29.3 Å². The topological polar surface area (TPSA) is 0 Å². The van der Waals surface area contributed by atoms with Crippen LogP contribution < -0.4 is 0 Å². The minimum absolute atomic E-state index is 0. The summed E-state index contributed by atoms with van der Waals surface area (Å²) >= 11 is 12.4. The van der Waals surface area contributed by atoms with Crippen LogP contribution in [0.25, 0.3) is 0 Å². The quantitative estimate of drug-likeness (QED) is 0.467. The van der Waals surface area contributed by atoms with Gasteiger partial charge in [0.25, 0.3) is 0 Å². The molecule has 0 saturated heterocycles. The summed E-state index contributed by atoms with van der Waals surface area (Å²) in [4.78, 5) is 0. The first-order chi connectivity index (χ1) is 7.91. The van der Waals surface area contributed by atoms with Crippen molar-refractivity contribution in [1.29, 1.82) is 0 Å². The van der Waals surface area contributed by atoms with E-state index in [9.17, 15) is 0 Å². The summed E-state index contributed by atoms with van der Waals surface area (Å²) in [5.74, 6) is 0. The second-order valence-electron chi connectivity index (χ2n) is 5.05. The van der Waals surface area contributed by atoms with E-state index >= 15 is 0 Å². The summed E-state index contributed by atoms with van der Waals surface area (Å²) in [7, 11) is 0. The number of allylic oxidation sites excluding steroid dienone is 8. The molecule has 0 atom stereocenters. The van der Waals surface area contributed by atoms with Crippen LogP contribution >= 0.6 is 23.2 Å². The fraction of sp³-hybridized carbons (Fsp3) is 0.467. The van der Waals surface area contributed by atoms with Crippen LogP contribution in [0, 0.1) is 0 Å². The molecule has 0 fully saturated rings. The van der Waals surface area contributed by atoms with E-state index in [1.807, 2.05) is 0 Å². The predicted molar refractivity (Wildman–Crippen MR) is 76.4 cm³/mol. The van der Waals surface area contributed by atoms with Gasteiger partial charge in [-0.25, -0.2) is 0 Å². The van der Waals surface area contributed by atoms with E-state index in [1.54, 1.807) is 0 Å². The van der Waals surface area contributed by atoms with Gasteiger partial charge in [0.1, 0.15) is 0 Å². The molecule has 0 radical (unpaired) electrons. The third-order valence-corrected chi connectivity index (χ3v) is 5.00. The average Bonchev–Trinajstić information content (AvgIpc) is 2.66. The molecule has 0 aromatic rings. The zero-order valence-corrected chi connectivity index (χ0v) is 16.5. The monoisotopic (exact) mass is 448 g/mol. The molecule has 3 heteroatoms. The van der Waals surface area contributed by atoms with Gasteiger partial charge < -0.3 is 0 Å². The van der Waals surface area contributed by atoms with E-state index < -0.39 is 0 Å². The third kappa shape index (κ3) is 2.94. The van der Waals surface area contributed by atoms with Gasteiger partial charge in [-0.1, -0.05) is 34.3 Å². The van der Waals surface area contributed by atoms with Crippen LogP contribution in [0.2, 0.25) is 0 Å². The van der Waals surface area contributed by atoms with Gasteiger partial charge in [0.15, 0.2) is 0 Å². The van der Waals surface area contributed by atoms with Crippen molar-refractivity contribution in [2.24, 2.45) is 0 Å². The van der Waals surface area contributed by atoms with Gasteiger partial charge in [-0.15, -0.1) is 0 Å². The molecule has 0 N–H and O–H groups in total. The Bertz CT molecular complexity index is 459. The Balaban J connectivity index is 0.00000162. The molecule has 0 aliphatic heterocycles. The molecule has 0 aromatic heterocycles. The fourth-order valence-corrected chi connectivity index (χ4v) is 3.10. The third-order valence-electron chi connectivity index (χ3n) is 4.16. The molecule has 2 aliphatic carbocycles. The van der Waals surface area contributed by atoms with Crippen molar-refractivity contribution in [3.8, 4) is 0 Å². The molecule has 0 saturated carbocycles. The van der Waals surface area contributed by atoms with Gasteiger partial charge in [0.05, 0.1) is 0 Å². The molecule has 0 unspecified atom stereocenters. The average molecular weight is 448 g/mol. The minimum Gasteiger partial charge on any atom is -0.0885 e. The zero-order valence-electron chi connectivity index (χ0n) is 11.4.